The Morgan fingerprint density at radius 2 is 1.84 bits per heavy atom. The predicted molar refractivity (Wildman–Crippen MR) is 155 cm³/mol. The topological polar surface area (TPSA) is 95.7 Å². The van der Waals surface area contributed by atoms with Crippen molar-refractivity contribution in [2.45, 2.75) is 62.8 Å². The van der Waals surface area contributed by atoms with Crippen LogP contribution in [0.15, 0.2) is 47.4 Å². The van der Waals surface area contributed by atoms with Crippen LogP contribution in [0.5, 0.6) is 0 Å². The third kappa shape index (κ3) is 6.81. The Balaban J connectivity index is 1.45. The fraction of sp³-hybridized carbons (Fsp3) is 0.536. The fourth-order valence-electron chi connectivity index (χ4n) is 4.96. The molecule has 1 saturated carbocycles. The van der Waals surface area contributed by atoms with E-state index in [0.717, 1.165) is 43.6 Å². The van der Waals surface area contributed by atoms with Gasteiger partial charge in [-0.3, -0.25) is 9.10 Å². The predicted octanol–water partition coefficient (Wildman–Crippen LogP) is 5.32. The van der Waals surface area contributed by atoms with Gasteiger partial charge in [-0.15, -0.1) is 11.8 Å². The number of amides is 1. The molecule has 1 spiro atoms. The summed E-state index contributed by atoms with van der Waals surface area (Å²) < 4.78 is 26.0. The van der Waals surface area contributed by atoms with Crippen molar-refractivity contribution in [3.05, 3.63) is 48.0 Å². The van der Waals surface area contributed by atoms with Gasteiger partial charge in [0.2, 0.25) is 10.0 Å². The van der Waals surface area contributed by atoms with E-state index in [2.05, 4.69) is 17.1 Å². The van der Waals surface area contributed by atoms with Gasteiger partial charge < -0.3 is 16.0 Å². The Morgan fingerprint density at radius 1 is 1.14 bits per heavy atom. The van der Waals surface area contributed by atoms with Crippen LogP contribution < -0.4 is 20.3 Å². The van der Waals surface area contributed by atoms with Crippen LogP contribution in [-0.4, -0.2) is 52.5 Å². The Bertz CT molecular complexity index is 1200. The second-order valence-electron chi connectivity index (χ2n) is 10.5. The molecule has 0 bridgehead atoms. The fourth-order valence-corrected chi connectivity index (χ4v) is 6.38. The molecule has 1 unspecified atom stereocenters. The number of hydrogen-bond donors (Lipinski definition) is 2. The number of rotatable bonds is 12. The van der Waals surface area contributed by atoms with Gasteiger partial charge in [0.15, 0.2) is 0 Å². The number of carbonyl (C=O) groups is 1. The van der Waals surface area contributed by atoms with Crippen molar-refractivity contribution in [2.24, 2.45) is 11.1 Å². The molecule has 1 amide bonds. The van der Waals surface area contributed by atoms with E-state index in [0.29, 0.717) is 16.9 Å². The molecule has 2 aromatic rings. The van der Waals surface area contributed by atoms with E-state index in [1.807, 2.05) is 42.1 Å². The molecule has 2 aromatic carbocycles. The number of thioether (sulfide) groups is 1. The minimum Gasteiger partial charge on any atom is -0.369 e. The minimum absolute atomic E-state index is 0.119. The first kappa shape index (κ1) is 27.8. The zero-order valence-electron chi connectivity index (χ0n) is 22.2. The first-order valence-corrected chi connectivity index (χ1v) is 16.1. The molecule has 202 valence electrons. The molecule has 0 aromatic heterocycles. The van der Waals surface area contributed by atoms with Gasteiger partial charge in [0.25, 0.3) is 5.91 Å². The highest BCUT2D eigenvalue weighted by atomic mass is 32.2. The molecule has 1 atom stereocenters. The highest BCUT2D eigenvalue weighted by Crippen LogP contribution is 2.52. The normalized spacial score (nSPS) is 18.3. The van der Waals surface area contributed by atoms with Gasteiger partial charge in [0.1, 0.15) is 0 Å². The first-order chi connectivity index (χ1) is 17.6. The molecule has 9 heteroatoms. The van der Waals surface area contributed by atoms with Gasteiger partial charge in [0, 0.05) is 47.9 Å². The first-order valence-electron chi connectivity index (χ1n) is 13.3. The second-order valence-corrected chi connectivity index (χ2v) is 13.7. The molecule has 37 heavy (non-hydrogen) atoms. The summed E-state index contributed by atoms with van der Waals surface area (Å²) >= 11 is 1.83. The van der Waals surface area contributed by atoms with Crippen LogP contribution in [0.2, 0.25) is 0 Å². The summed E-state index contributed by atoms with van der Waals surface area (Å²) in [6.07, 6.45) is 9.75. The molecule has 7 nitrogen and oxygen atoms in total. The zero-order chi connectivity index (χ0) is 26.6. The number of unbranched alkanes of at least 4 members (excludes halogenated alkanes) is 4. The van der Waals surface area contributed by atoms with E-state index < -0.39 is 10.0 Å². The highest BCUT2D eigenvalue weighted by Gasteiger charge is 2.53. The van der Waals surface area contributed by atoms with Gasteiger partial charge in [-0.2, -0.15) is 0 Å². The number of sulfonamides is 1. The van der Waals surface area contributed by atoms with E-state index >= 15 is 0 Å². The summed E-state index contributed by atoms with van der Waals surface area (Å²) in [5, 5.41) is 2.94. The Hall–Kier alpha value is -2.23. The van der Waals surface area contributed by atoms with Crippen LogP contribution in [-0.2, 0) is 10.0 Å². The second kappa shape index (κ2) is 11.7. The molecule has 1 saturated heterocycles. The summed E-state index contributed by atoms with van der Waals surface area (Å²) in [6, 6.07) is 13.3. The van der Waals surface area contributed by atoms with Crippen molar-refractivity contribution in [2.75, 3.05) is 46.7 Å². The van der Waals surface area contributed by atoms with E-state index in [-0.39, 0.29) is 17.4 Å². The van der Waals surface area contributed by atoms with E-state index in [1.165, 1.54) is 48.4 Å². The molecule has 4 rings (SSSR count). The van der Waals surface area contributed by atoms with Crippen molar-refractivity contribution in [3.8, 4) is 0 Å². The number of anilines is 3. The molecule has 1 heterocycles. The van der Waals surface area contributed by atoms with Crippen molar-refractivity contribution < 1.29 is 13.2 Å². The van der Waals surface area contributed by atoms with E-state index in [1.54, 1.807) is 12.1 Å². The summed E-state index contributed by atoms with van der Waals surface area (Å²) in [6.45, 7) is 3.82. The van der Waals surface area contributed by atoms with E-state index in [9.17, 15) is 13.2 Å². The number of nitrogens with one attached hydrogen (secondary N) is 1. The van der Waals surface area contributed by atoms with Gasteiger partial charge in [-0.05, 0) is 67.5 Å². The third-order valence-corrected chi connectivity index (χ3v) is 9.95. The lowest BCUT2D eigenvalue weighted by atomic mass is 10.0. The summed E-state index contributed by atoms with van der Waals surface area (Å²) in [5.74, 6) is 0.747. The van der Waals surface area contributed by atoms with Crippen LogP contribution in [0.1, 0.15) is 62.2 Å². The molecule has 1 aliphatic heterocycles. The van der Waals surface area contributed by atoms with Crippen LogP contribution >= 0.6 is 11.8 Å². The number of carbonyl (C=O) groups excluding carboxylic acids is 1. The highest BCUT2D eigenvalue weighted by molar-refractivity contribution is 7.99. The molecular weight excluding hydrogens is 504 g/mol. The summed E-state index contributed by atoms with van der Waals surface area (Å²) in [4.78, 5) is 16.7. The van der Waals surface area contributed by atoms with Crippen LogP contribution in [0.25, 0.3) is 0 Å². The molecule has 2 fully saturated rings. The van der Waals surface area contributed by atoms with Gasteiger partial charge in [-0.1, -0.05) is 32.6 Å². The van der Waals surface area contributed by atoms with Gasteiger partial charge in [-0.25, -0.2) is 8.42 Å². The maximum absolute atomic E-state index is 13.3. The number of nitrogens with two attached hydrogens (primary N) is 1. The molecule has 1 aliphatic carbocycles. The van der Waals surface area contributed by atoms with Crippen molar-refractivity contribution >= 4 is 44.8 Å². The Labute approximate surface area is 226 Å². The van der Waals surface area contributed by atoms with Gasteiger partial charge in [0.05, 0.1) is 17.5 Å². The SMILES string of the molecule is CCCCCCCSc1ccc(NC(=O)c2ccc(N3CC(N)C4(CC4)C3)cc2N(C)S(C)(=O)=O)cc1. The Morgan fingerprint density at radius 3 is 2.46 bits per heavy atom. The van der Waals surface area contributed by atoms with Crippen molar-refractivity contribution in [1.82, 2.24) is 0 Å². The maximum Gasteiger partial charge on any atom is 0.257 e. The standard InChI is InChI=1S/C28H40N4O3S2/c1-4-5-6-7-8-17-36-23-12-9-21(10-13-23)30-27(33)24-14-11-22(18-25(24)31(2)37(3,34)35)32-19-26(29)28(20-32)15-16-28/h9-14,18,26H,4-8,15-17,19-20,29H2,1-3H3,(H,30,33). The molecular formula is C28H40N4O3S2. The van der Waals surface area contributed by atoms with Gasteiger partial charge >= 0.3 is 0 Å². The zero-order valence-corrected chi connectivity index (χ0v) is 23.8. The van der Waals surface area contributed by atoms with Crippen LogP contribution in [0.3, 0.4) is 0 Å². The lowest BCUT2D eigenvalue weighted by Crippen LogP contribution is -2.30. The summed E-state index contributed by atoms with van der Waals surface area (Å²) in [5.41, 5.74) is 8.81. The van der Waals surface area contributed by atoms with Crippen LogP contribution in [0, 0.1) is 5.41 Å². The quantitative estimate of drug-likeness (QED) is 0.277. The lowest BCUT2D eigenvalue weighted by Gasteiger charge is -2.24. The molecule has 0 radical (unpaired) electrons. The third-order valence-electron chi connectivity index (χ3n) is 7.66. The monoisotopic (exact) mass is 544 g/mol. The maximum atomic E-state index is 13.3. The number of nitrogens with zero attached hydrogens (tertiary/aromatic N) is 2. The minimum atomic E-state index is -3.56. The van der Waals surface area contributed by atoms with Crippen molar-refractivity contribution in [3.63, 3.8) is 0 Å². The number of benzene rings is 2. The Kier molecular flexibility index (Phi) is 8.76. The molecule has 3 N–H and O–H groups in total. The van der Waals surface area contributed by atoms with Crippen LogP contribution in [0.4, 0.5) is 17.1 Å². The average Bonchev–Trinajstić information content (AvgIpc) is 3.58. The largest absolute Gasteiger partial charge is 0.369 e. The lowest BCUT2D eigenvalue weighted by molar-refractivity contribution is 0.102. The smallest absolute Gasteiger partial charge is 0.257 e. The van der Waals surface area contributed by atoms with E-state index in [4.69, 9.17) is 5.73 Å². The molecule has 2 aliphatic rings. The average molecular weight is 545 g/mol. The number of hydrogen-bond acceptors (Lipinski definition) is 6. The summed E-state index contributed by atoms with van der Waals surface area (Å²) in [7, 11) is -2.08. The van der Waals surface area contributed by atoms with Crippen molar-refractivity contribution in [1.29, 1.82) is 0 Å².